The van der Waals surface area contributed by atoms with E-state index in [1.165, 1.54) is 6.07 Å². The molecule has 1 fully saturated rings. The molecule has 154 valence electrons. The first-order chi connectivity index (χ1) is 14.3. The molecule has 4 rings (SSSR count). The number of hydrogen-bond acceptors (Lipinski definition) is 4. The molecule has 1 aliphatic rings. The van der Waals surface area contributed by atoms with E-state index >= 15 is 0 Å². The van der Waals surface area contributed by atoms with Crippen LogP contribution in [-0.4, -0.2) is 34.1 Å². The van der Waals surface area contributed by atoms with Gasteiger partial charge in [-0.05, 0) is 37.6 Å². The molecule has 2 atom stereocenters. The van der Waals surface area contributed by atoms with Gasteiger partial charge >= 0.3 is 0 Å². The van der Waals surface area contributed by atoms with Gasteiger partial charge in [0, 0.05) is 53.0 Å². The summed E-state index contributed by atoms with van der Waals surface area (Å²) in [6, 6.07) is 11.7. The Bertz CT molecular complexity index is 1100. The van der Waals surface area contributed by atoms with E-state index in [1.807, 2.05) is 6.92 Å². The number of benzene rings is 1. The Labute approximate surface area is 178 Å². The van der Waals surface area contributed by atoms with Gasteiger partial charge in [-0.2, -0.15) is 0 Å². The topological polar surface area (TPSA) is 58.1 Å². The average Bonchev–Trinajstić information content (AvgIpc) is 3.08. The van der Waals surface area contributed by atoms with Crippen LogP contribution >= 0.6 is 9.24 Å². The Kier molecular flexibility index (Phi) is 5.52. The van der Waals surface area contributed by atoms with Crippen molar-refractivity contribution in [3.63, 3.8) is 0 Å². The third kappa shape index (κ3) is 4.19. The maximum atomic E-state index is 14.6. The molecule has 0 radical (unpaired) electrons. The Balaban J connectivity index is 1.81. The molecule has 2 aromatic heterocycles. The van der Waals surface area contributed by atoms with Crippen molar-refractivity contribution in [3.8, 4) is 11.1 Å². The van der Waals surface area contributed by atoms with Gasteiger partial charge in [-0.1, -0.05) is 25.1 Å². The number of aryl methyl sites for hydroxylation is 1. The molecule has 0 aliphatic carbocycles. The molecule has 0 saturated carbocycles. The van der Waals surface area contributed by atoms with Crippen molar-refractivity contribution in [1.82, 2.24) is 9.97 Å². The van der Waals surface area contributed by atoms with Gasteiger partial charge in [-0.25, -0.2) is 9.37 Å². The first kappa shape index (κ1) is 20.4. The van der Waals surface area contributed by atoms with Crippen LogP contribution in [0.2, 0.25) is 0 Å². The molecule has 0 bridgehead atoms. The average molecular weight is 422 g/mol. The van der Waals surface area contributed by atoms with E-state index < -0.39 is 0 Å². The highest BCUT2D eigenvalue weighted by atomic mass is 31.0. The number of hydrogen-bond donors (Lipinski definition) is 1. The summed E-state index contributed by atoms with van der Waals surface area (Å²) >= 11 is 0. The number of halogens is 1. The van der Waals surface area contributed by atoms with Crippen LogP contribution in [0.4, 0.5) is 15.9 Å². The molecule has 3 aromatic rings. The number of nitrogens with one attached hydrogen (secondary N) is 1. The van der Waals surface area contributed by atoms with E-state index in [9.17, 15) is 9.18 Å². The first-order valence-electron chi connectivity index (χ1n) is 9.86. The second-order valence-electron chi connectivity index (χ2n) is 8.00. The minimum absolute atomic E-state index is 0.0686. The molecule has 1 saturated heterocycles. The smallest absolute Gasteiger partial charge is 0.255 e. The number of amides is 1. The van der Waals surface area contributed by atoms with Crippen molar-refractivity contribution >= 4 is 26.7 Å². The number of aromatic nitrogens is 2. The van der Waals surface area contributed by atoms with Crippen LogP contribution in [0.15, 0.2) is 54.9 Å². The van der Waals surface area contributed by atoms with E-state index in [2.05, 4.69) is 36.3 Å². The number of nitrogens with zero attached hydrogens (tertiary/aromatic N) is 3. The van der Waals surface area contributed by atoms with Crippen molar-refractivity contribution < 1.29 is 9.18 Å². The quantitative estimate of drug-likeness (QED) is 0.620. The normalized spacial score (nSPS) is 18.5. The standard InChI is InChI=1S/C23H24FN4OP/c1-15-13-16(7-10-25-15)22(29)27-20-18(17-5-3-4-6-19(17)24)8-11-26-21(20)28-12-9-23(2,30)14-28/h3-8,10-11,13H,9,12,14,30H2,1-2H3,(H,27,29). The lowest BCUT2D eigenvalue weighted by Gasteiger charge is -2.24. The van der Waals surface area contributed by atoms with Gasteiger partial charge < -0.3 is 10.2 Å². The highest BCUT2D eigenvalue weighted by Gasteiger charge is 2.32. The number of rotatable bonds is 4. The summed E-state index contributed by atoms with van der Waals surface area (Å²) in [5.41, 5.74) is 2.80. The van der Waals surface area contributed by atoms with E-state index in [4.69, 9.17) is 0 Å². The van der Waals surface area contributed by atoms with Crippen molar-refractivity contribution in [3.05, 3.63) is 71.9 Å². The fourth-order valence-corrected chi connectivity index (χ4v) is 4.11. The van der Waals surface area contributed by atoms with Gasteiger partial charge in [0.25, 0.3) is 5.91 Å². The minimum atomic E-state index is -0.345. The summed E-state index contributed by atoms with van der Waals surface area (Å²) in [4.78, 5) is 23.9. The van der Waals surface area contributed by atoms with E-state index in [-0.39, 0.29) is 16.9 Å². The molecule has 7 heteroatoms. The predicted octanol–water partition coefficient (Wildman–Crippen LogP) is 4.69. The summed E-state index contributed by atoms with van der Waals surface area (Å²) in [6.45, 7) is 5.60. The minimum Gasteiger partial charge on any atom is -0.354 e. The fraction of sp³-hybridized carbons (Fsp3) is 0.261. The van der Waals surface area contributed by atoms with Gasteiger partial charge in [-0.3, -0.25) is 9.78 Å². The highest BCUT2D eigenvalue weighted by molar-refractivity contribution is 7.19. The van der Waals surface area contributed by atoms with Gasteiger partial charge in [0.15, 0.2) is 5.82 Å². The van der Waals surface area contributed by atoms with Crippen molar-refractivity contribution in [1.29, 1.82) is 0 Å². The fourth-order valence-electron chi connectivity index (χ4n) is 3.76. The Morgan fingerprint density at radius 2 is 1.93 bits per heavy atom. The van der Waals surface area contributed by atoms with Crippen LogP contribution in [0.1, 0.15) is 29.4 Å². The van der Waals surface area contributed by atoms with E-state index in [0.29, 0.717) is 28.2 Å². The summed E-state index contributed by atoms with van der Waals surface area (Å²) in [5.74, 6) is 0.0310. The zero-order valence-electron chi connectivity index (χ0n) is 17.0. The summed E-state index contributed by atoms with van der Waals surface area (Å²) < 4.78 is 14.6. The molecule has 0 spiro atoms. The third-order valence-electron chi connectivity index (χ3n) is 5.30. The molecule has 1 amide bonds. The number of carbonyl (C=O) groups is 1. The second-order valence-corrected chi connectivity index (χ2v) is 9.40. The van der Waals surface area contributed by atoms with Crippen LogP contribution in [0.25, 0.3) is 11.1 Å². The van der Waals surface area contributed by atoms with Crippen LogP contribution < -0.4 is 10.2 Å². The molecule has 2 unspecified atom stereocenters. The molecular weight excluding hydrogens is 398 g/mol. The Morgan fingerprint density at radius 1 is 1.17 bits per heavy atom. The molecular formula is C23H24FN4OP. The lowest BCUT2D eigenvalue weighted by Crippen LogP contribution is -2.27. The molecule has 3 heterocycles. The molecule has 1 aliphatic heterocycles. The Morgan fingerprint density at radius 3 is 2.63 bits per heavy atom. The lowest BCUT2D eigenvalue weighted by atomic mass is 10.0. The van der Waals surface area contributed by atoms with Gasteiger partial charge in [-0.15, -0.1) is 9.24 Å². The molecule has 30 heavy (non-hydrogen) atoms. The zero-order chi connectivity index (χ0) is 21.3. The number of pyridine rings is 2. The van der Waals surface area contributed by atoms with Crippen molar-refractivity contribution in [2.45, 2.75) is 25.4 Å². The lowest BCUT2D eigenvalue weighted by molar-refractivity contribution is 0.102. The SMILES string of the molecule is Cc1cc(C(=O)Nc2c(-c3ccccc3F)ccnc2N2CCC(C)(P)C2)ccn1. The Hall–Kier alpha value is -2.85. The van der Waals surface area contributed by atoms with Crippen molar-refractivity contribution in [2.75, 3.05) is 23.3 Å². The van der Waals surface area contributed by atoms with Crippen LogP contribution in [0.5, 0.6) is 0 Å². The summed E-state index contributed by atoms with van der Waals surface area (Å²) in [5, 5.41) is 3.08. The second kappa shape index (κ2) is 8.11. The highest BCUT2D eigenvalue weighted by Crippen LogP contribution is 2.40. The van der Waals surface area contributed by atoms with Crippen LogP contribution in [-0.2, 0) is 0 Å². The maximum absolute atomic E-state index is 14.6. The van der Waals surface area contributed by atoms with Crippen molar-refractivity contribution in [2.24, 2.45) is 0 Å². The third-order valence-corrected chi connectivity index (χ3v) is 5.77. The number of anilines is 2. The van der Waals surface area contributed by atoms with Gasteiger partial charge in [0.2, 0.25) is 0 Å². The molecule has 1 aromatic carbocycles. The van der Waals surface area contributed by atoms with Gasteiger partial charge in [0.05, 0.1) is 5.69 Å². The summed E-state index contributed by atoms with van der Waals surface area (Å²) in [6.07, 6.45) is 4.26. The van der Waals surface area contributed by atoms with Gasteiger partial charge in [0.1, 0.15) is 5.82 Å². The largest absolute Gasteiger partial charge is 0.354 e. The molecule has 5 nitrogen and oxygen atoms in total. The van der Waals surface area contributed by atoms with Crippen LogP contribution in [0.3, 0.4) is 0 Å². The first-order valence-corrected chi connectivity index (χ1v) is 10.4. The maximum Gasteiger partial charge on any atom is 0.255 e. The zero-order valence-corrected chi connectivity index (χ0v) is 18.2. The molecule has 1 N–H and O–H groups in total. The van der Waals surface area contributed by atoms with E-state index in [1.54, 1.807) is 48.8 Å². The van der Waals surface area contributed by atoms with Crippen LogP contribution in [0, 0.1) is 12.7 Å². The monoisotopic (exact) mass is 422 g/mol. The summed E-state index contributed by atoms with van der Waals surface area (Å²) in [7, 11) is 2.90. The number of carbonyl (C=O) groups excluding carboxylic acids is 1. The van der Waals surface area contributed by atoms with E-state index in [0.717, 1.165) is 25.2 Å². The predicted molar refractivity (Wildman–Crippen MR) is 122 cm³/mol.